The number of nitrogens with zero attached hydrogens (tertiary/aromatic N) is 2. The Hall–Kier alpha value is -3.28. The summed E-state index contributed by atoms with van der Waals surface area (Å²) in [7, 11) is 0. The van der Waals surface area contributed by atoms with Crippen LogP contribution in [-0.2, 0) is 6.42 Å². The number of hydrogen-bond acceptors (Lipinski definition) is 7. The molecule has 0 unspecified atom stereocenters. The van der Waals surface area contributed by atoms with Gasteiger partial charge in [-0.05, 0) is 50.1 Å². The van der Waals surface area contributed by atoms with Crippen LogP contribution in [0, 0.1) is 0 Å². The van der Waals surface area contributed by atoms with Gasteiger partial charge in [0.2, 0.25) is 0 Å². The number of carbonyl (C=O) groups excluding carboxylic acids is 2. The van der Waals surface area contributed by atoms with E-state index in [-0.39, 0.29) is 16.5 Å². The Morgan fingerprint density at radius 3 is 2.77 bits per heavy atom. The minimum absolute atomic E-state index is 0.0985. The lowest BCUT2D eigenvalue weighted by atomic mass is 10.0. The summed E-state index contributed by atoms with van der Waals surface area (Å²) in [6.45, 7) is 2.50. The molecule has 2 amide bonds. The SMILES string of the molecule is CCN(N)C(=O)c1csc(NC(=O)c2ccc3[nH]c(C(=O)O)c(CCCN)c3c2)n1. The number of nitrogens with two attached hydrogens (primary N) is 2. The number of H-pyrrole nitrogens is 1. The van der Waals surface area contributed by atoms with E-state index >= 15 is 0 Å². The molecule has 0 atom stereocenters. The topological polar surface area (TPSA) is 167 Å². The van der Waals surface area contributed by atoms with Crippen LogP contribution in [0.4, 0.5) is 5.13 Å². The number of benzene rings is 1. The minimum atomic E-state index is -1.06. The third-order valence-electron chi connectivity index (χ3n) is 4.56. The highest BCUT2D eigenvalue weighted by molar-refractivity contribution is 7.14. The monoisotopic (exact) mass is 430 g/mol. The smallest absolute Gasteiger partial charge is 0.352 e. The first-order valence-electron chi connectivity index (χ1n) is 9.27. The van der Waals surface area contributed by atoms with Gasteiger partial charge in [0.05, 0.1) is 0 Å². The van der Waals surface area contributed by atoms with Crippen molar-refractivity contribution in [1.29, 1.82) is 0 Å². The fourth-order valence-corrected chi connectivity index (χ4v) is 3.68. The number of hydrazine groups is 1. The number of carbonyl (C=O) groups is 3. The standard InChI is InChI=1S/C19H22N6O4S/c1-2-25(21)17(27)14-9-30-19(23-14)24-16(26)10-5-6-13-12(8-10)11(4-3-7-20)15(22-13)18(28)29/h5-6,8-9,22H,2-4,7,20-21H2,1H3,(H,28,29)(H,23,24,26). The summed E-state index contributed by atoms with van der Waals surface area (Å²) >= 11 is 1.11. The number of amides is 2. The van der Waals surface area contributed by atoms with Gasteiger partial charge in [0, 0.05) is 28.4 Å². The van der Waals surface area contributed by atoms with Gasteiger partial charge >= 0.3 is 5.97 Å². The van der Waals surface area contributed by atoms with E-state index < -0.39 is 17.8 Å². The van der Waals surface area contributed by atoms with Crippen molar-refractivity contribution in [1.82, 2.24) is 15.0 Å². The quantitative estimate of drug-likeness (QED) is 0.206. The summed E-state index contributed by atoms with van der Waals surface area (Å²) in [5, 5.41) is 15.6. The summed E-state index contributed by atoms with van der Waals surface area (Å²) in [5.74, 6) is 3.66. The van der Waals surface area contributed by atoms with Crippen LogP contribution in [0.1, 0.15) is 50.2 Å². The van der Waals surface area contributed by atoms with Gasteiger partial charge in [0.15, 0.2) is 5.13 Å². The van der Waals surface area contributed by atoms with Crippen LogP contribution in [0.15, 0.2) is 23.6 Å². The van der Waals surface area contributed by atoms with Gasteiger partial charge in [-0.25, -0.2) is 15.6 Å². The highest BCUT2D eigenvalue weighted by atomic mass is 32.1. The Labute approximate surface area is 175 Å². The van der Waals surface area contributed by atoms with E-state index in [0.29, 0.717) is 48.0 Å². The van der Waals surface area contributed by atoms with Gasteiger partial charge in [-0.2, -0.15) is 0 Å². The van der Waals surface area contributed by atoms with Gasteiger partial charge in [0.1, 0.15) is 11.4 Å². The van der Waals surface area contributed by atoms with Crippen molar-refractivity contribution in [3.8, 4) is 0 Å². The minimum Gasteiger partial charge on any atom is -0.477 e. The molecule has 3 aromatic rings. The normalized spacial score (nSPS) is 10.9. The van der Waals surface area contributed by atoms with E-state index in [1.54, 1.807) is 25.1 Å². The fourth-order valence-electron chi connectivity index (χ4n) is 3.00. The molecule has 0 fully saturated rings. The van der Waals surface area contributed by atoms with Crippen LogP contribution >= 0.6 is 11.3 Å². The molecule has 0 saturated carbocycles. The Bertz CT molecular complexity index is 1110. The molecule has 0 aliphatic heterocycles. The predicted molar refractivity (Wildman–Crippen MR) is 114 cm³/mol. The highest BCUT2D eigenvalue weighted by Gasteiger charge is 2.19. The maximum absolute atomic E-state index is 12.7. The number of carboxylic acid groups (broad SMARTS) is 1. The third-order valence-corrected chi connectivity index (χ3v) is 5.32. The number of fused-ring (bicyclic) bond motifs is 1. The number of rotatable bonds is 8. The molecule has 11 heteroatoms. The van der Waals surface area contributed by atoms with Crippen molar-refractivity contribution in [2.45, 2.75) is 19.8 Å². The van der Waals surface area contributed by atoms with E-state index in [0.717, 1.165) is 16.3 Å². The van der Waals surface area contributed by atoms with E-state index in [9.17, 15) is 19.5 Å². The first-order valence-corrected chi connectivity index (χ1v) is 10.1. The summed E-state index contributed by atoms with van der Waals surface area (Å²) in [6.07, 6.45) is 1.10. The average Bonchev–Trinajstić information content (AvgIpc) is 3.35. The zero-order valence-electron chi connectivity index (χ0n) is 16.3. The zero-order valence-corrected chi connectivity index (χ0v) is 17.1. The van der Waals surface area contributed by atoms with Gasteiger partial charge < -0.3 is 15.8 Å². The molecule has 10 nitrogen and oxygen atoms in total. The molecule has 0 bridgehead atoms. The number of hydrogen-bond donors (Lipinski definition) is 5. The van der Waals surface area contributed by atoms with E-state index in [2.05, 4.69) is 15.3 Å². The highest BCUT2D eigenvalue weighted by Crippen LogP contribution is 2.26. The van der Waals surface area contributed by atoms with Crippen molar-refractivity contribution in [3.63, 3.8) is 0 Å². The summed E-state index contributed by atoms with van der Waals surface area (Å²) in [4.78, 5) is 43.3. The molecule has 2 aromatic heterocycles. The summed E-state index contributed by atoms with van der Waals surface area (Å²) < 4.78 is 0. The molecule has 30 heavy (non-hydrogen) atoms. The van der Waals surface area contributed by atoms with Crippen LogP contribution in [0.5, 0.6) is 0 Å². The van der Waals surface area contributed by atoms with Crippen molar-refractivity contribution in [2.75, 3.05) is 18.4 Å². The number of aromatic carboxylic acids is 1. The van der Waals surface area contributed by atoms with Crippen molar-refractivity contribution < 1.29 is 19.5 Å². The lowest BCUT2D eigenvalue weighted by Crippen LogP contribution is -2.37. The van der Waals surface area contributed by atoms with E-state index in [4.69, 9.17) is 11.6 Å². The van der Waals surface area contributed by atoms with Crippen LogP contribution in [-0.4, -0.2) is 51.0 Å². The molecule has 3 rings (SSSR count). The third kappa shape index (κ3) is 4.32. The predicted octanol–water partition coefficient (Wildman–Crippen LogP) is 1.80. The Balaban J connectivity index is 1.86. The fraction of sp³-hybridized carbons (Fsp3) is 0.263. The first-order chi connectivity index (χ1) is 14.3. The number of aromatic nitrogens is 2. The van der Waals surface area contributed by atoms with Gasteiger partial charge in [-0.15, -0.1) is 11.3 Å². The first kappa shape index (κ1) is 21.4. The Morgan fingerprint density at radius 2 is 2.10 bits per heavy atom. The molecule has 7 N–H and O–H groups in total. The molecule has 0 aliphatic rings. The molecule has 0 aliphatic carbocycles. The molecule has 158 valence electrons. The number of carboxylic acids is 1. The number of nitrogens with one attached hydrogen (secondary N) is 2. The second-order valence-electron chi connectivity index (χ2n) is 6.52. The molecule has 0 spiro atoms. The van der Waals surface area contributed by atoms with Crippen molar-refractivity contribution in [3.05, 3.63) is 46.1 Å². The van der Waals surface area contributed by atoms with E-state index in [1.807, 2.05) is 0 Å². The van der Waals surface area contributed by atoms with Gasteiger partial charge in [-0.3, -0.25) is 19.9 Å². The number of anilines is 1. The zero-order chi connectivity index (χ0) is 21.8. The van der Waals surface area contributed by atoms with E-state index in [1.165, 1.54) is 5.38 Å². The second-order valence-corrected chi connectivity index (χ2v) is 7.38. The average molecular weight is 430 g/mol. The van der Waals surface area contributed by atoms with Crippen LogP contribution in [0.2, 0.25) is 0 Å². The van der Waals surface area contributed by atoms with Crippen LogP contribution in [0.3, 0.4) is 0 Å². The number of aromatic amines is 1. The van der Waals surface area contributed by atoms with Crippen LogP contribution in [0.25, 0.3) is 10.9 Å². The molecular formula is C19H22N6O4S. The number of thiazole rings is 1. The Morgan fingerprint density at radius 1 is 1.33 bits per heavy atom. The maximum Gasteiger partial charge on any atom is 0.352 e. The summed E-state index contributed by atoms with van der Waals surface area (Å²) in [6, 6.07) is 4.88. The van der Waals surface area contributed by atoms with Crippen molar-refractivity contribution in [2.24, 2.45) is 11.6 Å². The second kappa shape index (κ2) is 9.03. The molecular weight excluding hydrogens is 408 g/mol. The maximum atomic E-state index is 12.7. The molecule has 0 saturated heterocycles. The van der Waals surface area contributed by atoms with Gasteiger partial charge in [-0.1, -0.05) is 0 Å². The molecule has 2 heterocycles. The van der Waals surface area contributed by atoms with Crippen molar-refractivity contribution >= 4 is 45.2 Å². The molecule has 1 aromatic carbocycles. The van der Waals surface area contributed by atoms with Crippen LogP contribution < -0.4 is 16.9 Å². The number of aryl methyl sites for hydroxylation is 1. The Kier molecular flexibility index (Phi) is 6.45. The summed E-state index contributed by atoms with van der Waals surface area (Å²) in [5.41, 5.74) is 7.39. The van der Waals surface area contributed by atoms with Gasteiger partial charge in [0.25, 0.3) is 11.8 Å². The largest absolute Gasteiger partial charge is 0.477 e. The molecule has 0 radical (unpaired) electrons. The lowest BCUT2D eigenvalue weighted by molar-refractivity contribution is 0.0689. The lowest BCUT2D eigenvalue weighted by Gasteiger charge is -2.11.